The van der Waals surface area contributed by atoms with Crippen molar-refractivity contribution in [1.29, 1.82) is 5.26 Å². The molecule has 1 atom stereocenters. The van der Waals surface area contributed by atoms with Crippen molar-refractivity contribution in [2.45, 2.75) is 45.3 Å². The van der Waals surface area contributed by atoms with Crippen LogP contribution in [-0.4, -0.2) is 41.2 Å². The molecule has 1 N–H and O–H groups in total. The summed E-state index contributed by atoms with van der Waals surface area (Å²) >= 11 is 0. The van der Waals surface area contributed by atoms with Crippen molar-refractivity contribution in [3.63, 3.8) is 0 Å². The van der Waals surface area contributed by atoms with Crippen LogP contribution in [-0.2, 0) is 10.3 Å². The minimum absolute atomic E-state index is 0.135. The molecule has 0 aromatic heterocycles. The summed E-state index contributed by atoms with van der Waals surface area (Å²) < 4.78 is 47.0. The lowest BCUT2D eigenvalue weighted by Crippen LogP contribution is -2.66. The molecule has 176 valence electrons. The van der Waals surface area contributed by atoms with Crippen LogP contribution in [0.5, 0.6) is 5.75 Å². The quantitative estimate of drug-likeness (QED) is 0.695. The number of carbonyl (C=O) groups excluding carboxylic acids is 1. The number of rotatable bonds is 4. The number of halogens is 3. The summed E-state index contributed by atoms with van der Waals surface area (Å²) in [6, 6.07) is 13.3. The monoisotopic (exact) mass is 462 g/mol. The van der Waals surface area contributed by atoms with Gasteiger partial charge in [-0.3, -0.25) is 0 Å². The van der Waals surface area contributed by atoms with Crippen LogP contribution in [0, 0.1) is 16.7 Å². The molecule has 1 amide bonds. The Morgan fingerprint density at radius 2 is 1.70 bits per heavy atom. The Bertz CT molecular complexity index is 1060. The Kier molecular flexibility index (Phi) is 6.11. The van der Waals surface area contributed by atoms with Crippen molar-refractivity contribution in [3.8, 4) is 11.8 Å². The van der Waals surface area contributed by atoms with E-state index >= 15 is 0 Å². The number of hydrogen-bond donors (Lipinski definition) is 1. The van der Waals surface area contributed by atoms with Gasteiger partial charge in [0.25, 0.3) is 0 Å². The lowest BCUT2D eigenvalue weighted by Gasteiger charge is -2.56. The minimum Gasteiger partial charge on any atom is -0.444 e. The number of nitrogens with zero attached hydrogens (tertiary/aromatic N) is 2. The Morgan fingerprint density at radius 1 is 1.09 bits per heavy atom. The second kappa shape index (κ2) is 8.27. The maximum absolute atomic E-state index is 12.6. The highest BCUT2D eigenvalue weighted by Crippen LogP contribution is 2.51. The van der Waals surface area contributed by atoms with E-state index in [1.54, 1.807) is 45.9 Å². The summed E-state index contributed by atoms with van der Waals surface area (Å²) in [6.07, 6.45) is -5.37. The summed E-state index contributed by atoms with van der Waals surface area (Å²) in [6.45, 7) is 7.29. The third-order valence-electron chi connectivity index (χ3n) is 5.52. The first-order valence-corrected chi connectivity index (χ1v) is 10.2. The molecule has 0 aliphatic carbocycles. The number of ether oxygens (including phenoxy) is 2. The van der Waals surface area contributed by atoms with E-state index in [1.165, 1.54) is 23.1 Å². The molecule has 0 spiro atoms. The molecule has 9 heteroatoms. The second-order valence-corrected chi connectivity index (χ2v) is 9.37. The van der Waals surface area contributed by atoms with Gasteiger partial charge >= 0.3 is 12.5 Å². The number of hydrogen-bond acceptors (Lipinski definition) is 5. The van der Waals surface area contributed by atoms with Crippen LogP contribution in [0.4, 0.5) is 18.0 Å². The number of likely N-dealkylation sites (tertiary alicyclic amines) is 1. The molecule has 1 saturated heterocycles. The smallest absolute Gasteiger partial charge is 0.444 e. The number of carbonyl (C=O) groups is 1. The van der Waals surface area contributed by atoms with Crippen LogP contribution in [0.1, 0.15) is 44.4 Å². The fourth-order valence-corrected chi connectivity index (χ4v) is 4.06. The topological polar surface area (TPSA) is 82.8 Å². The molecule has 1 unspecified atom stereocenters. The molecule has 0 saturated carbocycles. The molecule has 6 nitrogen and oxygen atoms in total. The summed E-state index contributed by atoms with van der Waals surface area (Å²) in [7, 11) is 0. The zero-order chi connectivity index (χ0) is 24.7. The molecule has 1 fully saturated rings. The predicted molar refractivity (Wildman–Crippen MR) is 113 cm³/mol. The van der Waals surface area contributed by atoms with Gasteiger partial charge in [0.2, 0.25) is 0 Å². The van der Waals surface area contributed by atoms with E-state index in [4.69, 9.17) is 4.74 Å². The summed E-state index contributed by atoms with van der Waals surface area (Å²) in [5.74, 6) is -0.423. The molecular weight excluding hydrogens is 437 g/mol. The van der Waals surface area contributed by atoms with E-state index in [9.17, 15) is 28.3 Å². The van der Waals surface area contributed by atoms with Crippen molar-refractivity contribution in [1.82, 2.24) is 4.90 Å². The SMILES string of the molecule is CC(C)(C)OC(=O)N1CC(C)(C(O)(c2ccc(OC(F)(F)F)cc2)c2cccc(C#N)c2)C1. The largest absolute Gasteiger partial charge is 0.573 e. The van der Waals surface area contributed by atoms with Gasteiger partial charge in [0.05, 0.1) is 11.6 Å². The first kappa shape index (κ1) is 24.4. The van der Waals surface area contributed by atoms with Crippen molar-refractivity contribution >= 4 is 6.09 Å². The van der Waals surface area contributed by atoms with Crippen molar-refractivity contribution in [3.05, 3.63) is 65.2 Å². The normalized spacial score (nSPS) is 17.4. The summed E-state index contributed by atoms with van der Waals surface area (Å²) in [4.78, 5) is 13.9. The van der Waals surface area contributed by atoms with Gasteiger partial charge in [0, 0.05) is 18.5 Å². The second-order valence-electron chi connectivity index (χ2n) is 9.37. The Balaban J connectivity index is 1.99. The predicted octanol–water partition coefficient (Wildman–Crippen LogP) is 4.95. The third kappa shape index (κ3) is 5.06. The highest BCUT2D eigenvalue weighted by molar-refractivity contribution is 5.70. The summed E-state index contributed by atoms with van der Waals surface area (Å²) in [5, 5.41) is 21.4. The molecule has 3 rings (SSSR count). The molecule has 0 bridgehead atoms. The van der Waals surface area contributed by atoms with Crippen LogP contribution in [0.15, 0.2) is 48.5 Å². The van der Waals surface area contributed by atoms with Gasteiger partial charge in [-0.1, -0.05) is 31.2 Å². The van der Waals surface area contributed by atoms with Crippen molar-refractivity contribution < 1.29 is 32.5 Å². The van der Waals surface area contributed by atoms with E-state index in [1.807, 2.05) is 6.07 Å². The number of aliphatic hydroxyl groups is 1. The molecule has 1 aliphatic heterocycles. The molecule has 33 heavy (non-hydrogen) atoms. The first-order valence-electron chi connectivity index (χ1n) is 10.2. The van der Waals surface area contributed by atoms with Crippen LogP contribution in [0.2, 0.25) is 0 Å². The number of amides is 1. The van der Waals surface area contributed by atoms with Crippen LogP contribution in [0.25, 0.3) is 0 Å². The maximum atomic E-state index is 12.6. The van der Waals surface area contributed by atoms with Gasteiger partial charge < -0.3 is 19.5 Å². The van der Waals surface area contributed by atoms with Crippen molar-refractivity contribution in [2.24, 2.45) is 5.41 Å². The van der Waals surface area contributed by atoms with E-state index in [0.29, 0.717) is 16.7 Å². The third-order valence-corrected chi connectivity index (χ3v) is 5.52. The Morgan fingerprint density at radius 3 is 2.21 bits per heavy atom. The molecule has 1 aliphatic rings. The molecule has 2 aromatic rings. The van der Waals surface area contributed by atoms with E-state index in [0.717, 1.165) is 12.1 Å². The molecular formula is C24H25F3N2O4. The maximum Gasteiger partial charge on any atom is 0.573 e. The highest BCUT2D eigenvalue weighted by atomic mass is 19.4. The highest BCUT2D eigenvalue weighted by Gasteiger charge is 2.58. The molecule has 0 radical (unpaired) electrons. The average molecular weight is 462 g/mol. The number of nitriles is 1. The van der Waals surface area contributed by atoms with Gasteiger partial charge in [0.1, 0.15) is 17.0 Å². The zero-order valence-electron chi connectivity index (χ0n) is 18.7. The van der Waals surface area contributed by atoms with Crippen LogP contribution in [0.3, 0.4) is 0 Å². The Hall–Kier alpha value is -3.25. The first-order chi connectivity index (χ1) is 15.2. The van der Waals surface area contributed by atoms with Gasteiger partial charge in [0.15, 0.2) is 0 Å². The van der Waals surface area contributed by atoms with E-state index in [-0.39, 0.29) is 13.1 Å². The number of alkyl halides is 3. The Labute approximate surface area is 190 Å². The van der Waals surface area contributed by atoms with Gasteiger partial charge in [-0.25, -0.2) is 4.79 Å². The van der Waals surface area contributed by atoms with E-state index in [2.05, 4.69) is 4.74 Å². The average Bonchev–Trinajstić information content (AvgIpc) is 2.68. The fourth-order valence-electron chi connectivity index (χ4n) is 4.06. The van der Waals surface area contributed by atoms with Crippen LogP contribution < -0.4 is 4.74 Å². The lowest BCUT2D eigenvalue weighted by atomic mass is 9.62. The molecule has 2 aromatic carbocycles. The summed E-state index contributed by atoms with van der Waals surface area (Å²) in [5.41, 5.74) is -2.31. The van der Waals surface area contributed by atoms with Crippen LogP contribution >= 0.6 is 0 Å². The van der Waals surface area contributed by atoms with Gasteiger partial charge in [-0.2, -0.15) is 5.26 Å². The zero-order valence-corrected chi connectivity index (χ0v) is 18.7. The minimum atomic E-state index is -4.84. The number of benzene rings is 2. The van der Waals surface area contributed by atoms with Gasteiger partial charge in [-0.05, 0) is 56.2 Å². The van der Waals surface area contributed by atoms with Gasteiger partial charge in [-0.15, -0.1) is 13.2 Å². The standard InChI is InChI=1S/C24H25F3N2O4/c1-21(2,3)33-20(30)29-14-22(4,15-29)23(31,18-7-5-6-16(12-18)13-28)17-8-10-19(11-9-17)32-24(25,26)27/h5-12,31H,14-15H2,1-4H3. The van der Waals surface area contributed by atoms with Crippen molar-refractivity contribution in [2.75, 3.05) is 13.1 Å². The lowest BCUT2D eigenvalue weighted by molar-refractivity contribution is -0.274. The molecule has 1 heterocycles. The van der Waals surface area contributed by atoms with E-state index < -0.39 is 34.8 Å². The fraction of sp³-hybridized carbons (Fsp3) is 0.417.